The maximum absolute atomic E-state index is 9.78. The predicted octanol–water partition coefficient (Wildman–Crippen LogP) is 0.521. The van der Waals surface area contributed by atoms with Gasteiger partial charge in [-0.05, 0) is 18.5 Å². The van der Waals surface area contributed by atoms with Crippen molar-refractivity contribution in [1.29, 1.82) is 0 Å². The summed E-state index contributed by atoms with van der Waals surface area (Å²) in [5.41, 5.74) is 4.95. The van der Waals surface area contributed by atoms with Crippen LogP contribution in [0.2, 0.25) is 0 Å². The van der Waals surface area contributed by atoms with E-state index in [4.69, 9.17) is 17.3 Å². The van der Waals surface area contributed by atoms with Crippen LogP contribution in [0.25, 0.3) is 0 Å². The van der Waals surface area contributed by atoms with Gasteiger partial charge in [0.05, 0.1) is 6.04 Å². The van der Waals surface area contributed by atoms with E-state index >= 15 is 0 Å². The van der Waals surface area contributed by atoms with Crippen LogP contribution >= 0.6 is 24.0 Å². The molecule has 1 atom stereocenters. The summed E-state index contributed by atoms with van der Waals surface area (Å²) in [4.78, 5) is 9.78. The maximum Gasteiger partial charge on any atom is 0.238 e. The van der Waals surface area contributed by atoms with Crippen molar-refractivity contribution in [3.8, 4) is 0 Å². The molecule has 0 aliphatic carbocycles. The molecule has 0 aromatic heterocycles. The van der Waals surface area contributed by atoms with Crippen LogP contribution in [0.4, 0.5) is 0 Å². The van der Waals surface area contributed by atoms with Crippen molar-refractivity contribution in [2.75, 3.05) is 0 Å². The second kappa shape index (κ2) is 4.37. The van der Waals surface area contributed by atoms with Gasteiger partial charge in [0.2, 0.25) is 5.24 Å². The molecule has 7 heavy (non-hydrogen) atoms. The lowest BCUT2D eigenvalue weighted by Gasteiger charge is -1.89. The molecule has 0 amide bonds. The molecule has 0 bridgehead atoms. The zero-order valence-electron chi connectivity index (χ0n) is 3.85. The molecule has 0 aliphatic heterocycles. The number of carbonyl (C=O) groups is 1. The maximum atomic E-state index is 9.78. The van der Waals surface area contributed by atoms with Crippen LogP contribution in [0.15, 0.2) is 0 Å². The van der Waals surface area contributed by atoms with E-state index in [1.165, 1.54) is 6.92 Å². The molecule has 0 rings (SSSR count). The topological polar surface area (TPSA) is 43.1 Å². The highest BCUT2D eigenvalue weighted by Crippen LogP contribution is 1.81. The lowest BCUT2D eigenvalue weighted by atomic mass is 10.4. The zero-order chi connectivity index (χ0) is 5.15. The fraction of sp³-hybridized carbons (Fsp3) is 0.667. The Labute approximate surface area is 53.4 Å². The van der Waals surface area contributed by atoms with Crippen molar-refractivity contribution in [2.45, 2.75) is 13.0 Å². The van der Waals surface area contributed by atoms with E-state index in [-0.39, 0.29) is 12.4 Å². The van der Waals surface area contributed by atoms with Crippen molar-refractivity contribution >= 4 is 29.3 Å². The Morgan fingerprint density at radius 1 is 1.86 bits per heavy atom. The molecule has 0 saturated carbocycles. The molecule has 0 fully saturated rings. The first-order chi connectivity index (χ1) is 2.64. The average Bonchev–Trinajstić information content (AvgIpc) is 1.36. The largest absolute Gasteiger partial charge is 0.321 e. The van der Waals surface area contributed by atoms with Gasteiger partial charge in [-0.3, -0.25) is 4.79 Å². The van der Waals surface area contributed by atoms with Gasteiger partial charge in [-0.1, -0.05) is 0 Å². The third-order valence-corrected chi connectivity index (χ3v) is 0.702. The number of hydrogen-bond donors (Lipinski definition) is 1. The predicted molar refractivity (Wildman–Crippen MR) is 31.8 cm³/mol. The van der Waals surface area contributed by atoms with Gasteiger partial charge in [-0.2, -0.15) is 0 Å². The first-order valence-corrected chi connectivity index (χ1v) is 1.97. The van der Waals surface area contributed by atoms with Gasteiger partial charge in [-0.25, -0.2) is 0 Å². The summed E-state index contributed by atoms with van der Waals surface area (Å²) < 4.78 is 0. The molecule has 0 heterocycles. The summed E-state index contributed by atoms with van der Waals surface area (Å²) in [5.74, 6) is 0. The van der Waals surface area contributed by atoms with Gasteiger partial charge in [-0.15, -0.1) is 12.4 Å². The number of rotatable bonds is 1. The molecule has 2 nitrogen and oxygen atoms in total. The van der Waals surface area contributed by atoms with Crippen molar-refractivity contribution < 1.29 is 4.79 Å². The summed E-state index contributed by atoms with van der Waals surface area (Å²) >= 11 is 4.85. The Morgan fingerprint density at radius 2 is 2.00 bits per heavy atom. The van der Waals surface area contributed by atoms with Gasteiger partial charge >= 0.3 is 0 Å². The number of carbonyl (C=O) groups excluding carboxylic acids is 1. The first-order valence-electron chi connectivity index (χ1n) is 1.59. The molecule has 0 aliphatic rings. The molecule has 0 radical (unpaired) electrons. The average molecular weight is 144 g/mol. The van der Waals surface area contributed by atoms with E-state index in [2.05, 4.69) is 0 Å². The lowest BCUT2D eigenvalue weighted by Crippen LogP contribution is -2.21. The number of hydrogen-bond acceptors (Lipinski definition) is 2. The highest BCUT2D eigenvalue weighted by molar-refractivity contribution is 6.64. The standard InChI is InChI=1S/C3H6ClNO.ClH/c1-2(5)3(4)6;/h2H,5H2,1H3;1H/t2-;/m0./s1. The highest BCUT2D eigenvalue weighted by Gasteiger charge is 1.98. The van der Waals surface area contributed by atoms with Crippen molar-refractivity contribution in [3.05, 3.63) is 0 Å². The zero-order valence-corrected chi connectivity index (χ0v) is 5.42. The van der Waals surface area contributed by atoms with E-state index < -0.39 is 11.3 Å². The summed E-state index contributed by atoms with van der Waals surface area (Å²) in [6.45, 7) is 1.54. The van der Waals surface area contributed by atoms with E-state index in [1.54, 1.807) is 0 Å². The van der Waals surface area contributed by atoms with Crippen LogP contribution in [0.5, 0.6) is 0 Å². The fourth-order valence-electron chi connectivity index (χ4n) is 0. The lowest BCUT2D eigenvalue weighted by molar-refractivity contribution is -0.112. The van der Waals surface area contributed by atoms with E-state index in [0.717, 1.165) is 0 Å². The van der Waals surface area contributed by atoms with Gasteiger partial charge in [0, 0.05) is 0 Å². The molecule has 0 aromatic rings. The molecule has 44 valence electrons. The van der Waals surface area contributed by atoms with Crippen molar-refractivity contribution in [1.82, 2.24) is 0 Å². The number of halogens is 2. The van der Waals surface area contributed by atoms with Crippen LogP contribution in [0.3, 0.4) is 0 Å². The third-order valence-electron chi connectivity index (χ3n) is 0.358. The van der Waals surface area contributed by atoms with E-state index in [0.29, 0.717) is 0 Å². The van der Waals surface area contributed by atoms with Crippen molar-refractivity contribution in [3.63, 3.8) is 0 Å². The molecule has 0 unspecified atom stereocenters. The minimum absolute atomic E-state index is 0. The minimum Gasteiger partial charge on any atom is -0.321 e. The summed E-state index contributed by atoms with van der Waals surface area (Å²) in [7, 11) is 0. The van der Waals surface area contributed by atoms with E-state index in [9.17, 15) is 4.79 Å². The Kier molecular flexibility index (Phi) is 6.40. The van der Waals surface area contributed by atoms with Gasteiger partial charge in [0.1, 0.15) is 0 Å². The quantitative estimate of drug-likeness (QED) is 0.545. The van der Waals surface area contributed by atoms with Crippen LogP contribution in [-0.2, 0) is 4.79 Å². The fourth-order valence-corrected chi connectivity index (χ4v) is 0. The molecular weight excluding hydrogens is 137 g/mol. The molecular formula is C3H7Cl2NO. The Balaban J connectivity index is 0. The normalized spacial score (nSPS) is 11.9. The Hall–Kier alpha value is 0.210. The summed E-state index contributed by atoms with van der Waals surface area (Å²) in [5, 5.41) is -0.491. The van der Waals surface area contributed by atoms with Gasteiger partial charge in [0.25, 0.3) is 0 Å². The molecule has 0 spiro atoms. The van der Waals surface area contributed by atoms with Gasteiger partial charge in [0.15, 0.2) is 0 Å². The summed E-state index contributed by atoms with van der Waals surface area (Å²) in [6.07, 6.45) is 0. The second-order valence-electron chi connectivity index (χ2n) is 1.09. The minimum atomic E-state index is -0.522. The van der Waals surface area contributed by atoms with Gasteiger partial charge < -0.3 is 5.73 Å². The Bertz CT molecular complexity index is 64.0. The van der Waals surface area contributed by atoms with Crippen LogP contribution in [-0.4, -0.2) is 11.3 Å². The molecule has 2 N–H and O–H groups in total. The summed E-state index contributed by atoms with van der Waals surface area (Å²) in [6, 6.07) is -0.522. The molecule has 0 aromatic carbocycles. The van der Waals surface area contributed by atoms with Crippen LogP contribution < -0.4 is 5.73 Å². The smallest absolute Gasteiger partial charge is 0.238 e. The van der Waals surface area contributed by atoms with Crippen LogP contribution in [0, 0.1) is 0 Å². The SMILES string of the molecule is C[C@H](N)C(=O)Cl.Cl. The molecule has 4 heteroatoms. The van der Waals surface area contributed by atoms with Crippen molar-refractivity contribution in [2.24, 2.45) is 5.73 Å². The molecule has 0 saturated heterocycles. The van der Waals surface area contributed by atoms with Crippen LogP contribution in [0.1, 0.15) is 6.92 Å². The highest BCUT2D eigenvalue weighted by atomic mass is 35.5. The third kappa shape index (κ3) is 6.21. The second-order valence-corrected chi connectivity index (χ2v) is 1.47. The Morgan fingerprint density at radius 3 is 2.00 bits per heavy atom. The monoisotopic (exact) mass is 143 g/mol. The number of nitrogens with two attached hydrogens (primary N) is 1. The first kappa shape index (κ1) is 10.2. The van der Waals surface area contributed by atoms with E-state index in [1.807, 2.05) is 0 Å².